The fourth-order valence-corrected chi connectivity index (χ4v) is 3.02. The van der Waals surface area contributed by atoms with Crippen molar-refractivity contribution >= 4 is 11.5 Å². The topological polar surface area (TPSA) is 44.0 Å². The van der Waals surface area contributed by atoms with Crippen molar-refractivity contribution in [1.29, 1.82) is 0 Å². The lowest BCUT2D eigenvalue weighted by atomic mass is 10.0. The van der Waals surface area contributed by atoms with E-state index in [1.165, 1.54) is 0 Å². The molecule has 1 fully saturated rings. The molecule has 1 N–H and O–H groups in total. The van der Waals surface area contributed by atoms with Gasteiger partial charge < -0.3 is 14.9 Å². The van der Waals surface area contributed by atoms with E-state index in [2.05, 4.69) is 23.9 Å². The summed E-state index contributed by atoms with van der Waals surface area (Å²) in [6, 6.07) is 6.42. The fraction of sp³-hybridized carbons (Fsp3) is 0.533. The lowest BCUT2D eigenvalue weighted by molar-refractivity contribution is 0.251. The summed E-state index contributed by atoms with van der Waals surface area (Å²) >= 11 is 0. The number of piperidine rings is 1. The summed E-state index contributed by atoms with van der Waals surface area (Å²) in [5.74, 6) is 0.910. The zero-order chi connectivity index (χ0) is 14.1. The Morgan fingerprint density at radius 1 is 1.35 bits per heavy atom. The van der Waals surface area contributed by atoms with Crippen molar-refractivity contribution in [2.24, 2.45) is 0 Å². The molecular weight excluding hydrogens is 252 g/mol. The molecule has 1 aliphatic rings. The highest BCUT2D eigenvalue weighted by Crippen LogP contribution is 2.25. The zero-order valence-corrected chi connectivity index (χ0v) is 12.2. The average molecular weight is 274 g/mol. The molecule has 0 atom stereocenters. The first-order valence-electron chi connectivity index (χ1n) is 7.19. The summed E-state index contributed by atoms with van der Waals surface area (Å²) < 4.78 is 1.97. The minimum absolute atomic E-state index is 0.0114. The number of aromatic nitrogens is 2. The van der Waals surface area contributed by atoms with Gasteiger partial charge in [0.25, 0.3) is 0 Å². The number of nitrogens with zero attached hydrogens (tertiary/aromatic N) is 4. The molecule has 2 aromatic heterocycles. The smallest absolute Gasteiger partial charge is 0.153 e. The molecule has 2 aromatic rings. The van der Waals surface area contributed by atoms with E-state index in [1.54, 1.807) is 0 Å². The lowest BCUT2D eigenvalue weighted by Crippen LogP contribution is -2.42. The molecule has 1 aliphatic heterocycles. The molecule has 20 heavy (non-hydrogen) atoms. The predicted molar refractivity (Wildman–Crippen MR) is 80.0 cm³/mol. The third kappa shape index (κ3) is 2.27. The first-order valence-corrected chi connectivity index (χ1v) is 7.19. The van der Waals surface area contributed by atoms with Gasteiger partial charge in [-0.1, -0.05) is 6.07 Å². The van der Waals surface area contributed by atoms with E-state index in [0.717, 1.165) is 43.1 Å². The highest BCUT2D eigenvalue weighted by atomic mass is 16.3. The number of imidazole rings is 1. The fourth-order valence-electron chi connectivity index (χ4n) is 3.02. The Morgan fingerprint density at radius 2 is 2.10 bits per heavy atom. The largest absolute Gasteiger partial charge is 0.390 e. The van der Waals surface area contributed by atoms with Crippen molar-refractivity contribution < 1.29 is 5.11 Å². The third-order valence-electron chi connectivity index (χ3n) is 4.33. The molecule has 0 aromatic carbocycles. The van der Waals surface area contributed by atoms with Gasteiger partial charge in [-0.05, 0) is 45.1 Å². The monoisotopic (exact) mass is 274 g/mol. The van der Waals surface area contributed by atoms with Crippen LogP contribution >= 0.6 is 0 Å². The maximum atomic E-state index is 9.70. The lowest BCUT2D eigenvalue weighted by Gasteiger charge is -2.35. The molecule has 0 bridgehead atoms. The molecular formula is C15H22N4O. The van der Waals surface area contributed by atoms with Crippen LogP contribution in [0.15, 0.2) is 24.4 Å². The van der Waals surface area contributed by atoms with Crippen LogP contribution in [0.2, 0.25) is 0 Å². The first kappa shape index (κ1) is 13.4. The Bertz CT molecular complexity index is 587. The number of aliphatic hydroxyl groups is 1. The number of likely N-dealkylation sites (tertiary alicyclic amines) is 1. The Labute approximate surface area is 119 Å². The number of rotatable bonds is 3. The molecule has 0 radical (unpaired) electrons. The second-order valence-electron chi connectivity index (χ2n) is 5.61. The van der Waals surface area contributed by atoms with Gasteiger partial charge in [0.05, 0.1) is 12.3 Å². The van der Waals surface area contributed by atoms with Crippen LogP contribution in [0.4, 0.5) is 5.82 Å². The predicted octanol–water partition coefficient (Wildman–Crippen LogP) is 1.36. The summed E-state index contributed by atoms with van der Waals surface area (Å²) in [5.41, 5.74) is 1.77. The molecule has 3 heterocycles. The molecule has 0 saturated carbocycles. The molecule has 1 saturated heterocycles. The number of pyridine rings is 1. The second-order valence-corrected chi connectivity index (χ2v) is 5.61. The Morgan fingerprint density at radius 3 is 2.80 bits per heavy atom. The minimum atomic E-state index is 0.0114. The Hall–Kier alpha value is -1.59. The second kappa shape index (κ2) is 5.42. The van der Waals surface area contributed by atoms with Crippen molar-refractivity contribution in [2.45, 2.75) is 25.5 Å². The number of fused-ring (bicyclic) bond motifs is 1. The number of hydrogen-bond acceptors (Lipinski definition) is 4. The molecule has 0 aliphatic carbocycles. The number of aliphatic hydroxyl groups excluding tert-OH is 1. The summed E-state index contributed by atoms with van der Waals surface area (Å²) in [6.45, 7) is 2.26. The van der Waals surface area contributed by atoms with Crippen molar-refractivity contribution in [3.8, 4) is 0 Å². The third-order valence-corrected chi connectivity index (χ3v) is 4.33. The van der Waals surface area contributed by atoms with E-state index in [4.69, 9.17) is 4.98 Å². The number of anilines is 1. The quantitative estimate of drug-likeness (QED) is 0.918. The highest BCUT2D eigenvalue weighted by molar-refractivity contribution is 5.56. The van der Waals surface area contributed by atoms with Crippen LogP contribution in [-0.2, 0) is 6.61 Å². The summed E-state index contributed by atoms with van der Waals surface area (Å²) in [6.07, 6.45) is 4.25. The molecule has 3 rings (SSSR count). The normalized spacial score (nSPS) is 17.8. The average Bonchev–Trinajstić information content (AvgIpc) is 2.85. The molecule has 108 valence electrons. The molecule has 5 nitrogen and oxygen atoms in total. The van der Waals surface area contributed by atoms with Crippen LogP contribution in [0.3, 0.4) is 0 Å². The number of hydrogen-bond donors (Lipinski definition) is 1. The van der Waals surface area contributed by atoms with Crippen LogP contribution in [0.1, 0.15) is 18.5 Å². The van der Waals surface area contributed by atoms with Crippen molar-refractivity contribution in [3.63, 3.8) is 0 Å². The van der Waals surface area contributed by atoms with E-state index >= 15 is 0 Å². The Balaban J connectivity index is 1.92. The van der Waals surface area contributed by atoms with E-state index in [9.17, 15) is 5.11 Å². The van der Waals surface area contributed by atoms with Gasteiger partial charge in [0.2, 0.25) is 0 Å². The van der Waals surface area contributed by atoms with Gasteiger partial charge in [-0.2, -0.15) is 0 Å². The summed E-state index contributed by atoms with van der Waals surface area (Å²) in [4.78, 5) is 9.30. The van der Waals surface area contributed by atoms with Crippen LogP contribution in [0, 0.1) is 0 Å². The summed E-state index contributed by atoms with van der Waals surface area (Å²) in [7, 11) is 4.26. The van der Waals surface area contributed by atoms with Gasteiger partial charge in [0.15, 0.2) is 5.82 Å². The van der Waals surface area contributed by atoms with Gasteiger partial charge in [-0.15, -0.1) is 0 Å². The Kier molecular flexibility index (Phi) is 3.63. The van der Waals surface area contributed by atoms with E-state index in [0.29, 0.717) is 6.04 Å². The molecule has 0 unspecified atom stereocenters. The van der Waals surface area contributed by atoms with Crippen molar-refractivity contribution in [2.75, 3.05) is 32.1 Å². The van der Waals surface area contributed by atoms with Gasteiger partial charge >= 0.3 is 0 Å². The zero-order valence-electron chi connectivity index (χ0n) is 12.2. The highest BCUT2D eigenvalue weighted by Gasteiger charge is 2.24. The standard InChI is InChI=1S/C15H22N4O/c1-17-9-6-12(7-10-17)18(2)15-13(11-20)19-8-4-3-5-14(19)16-15/h3-5,8,12,20H,6-7,9-11H2,1-2H3. The van der Waals surface area contributed by atoms with Crippen LogP contribution in [-0.4, -0.2) is 52.6 Å². The first-order chi connectivity index (χ1) is 9.70. The van der Waals surface area contributed by atoms with E-state index in [-0.39, 0.29) is 6.61 Å². The molecule has 0 amide bonds. The molecule has 0 spiro atoms. The van der Waals surface area contributed by atoms with Gasteiger partial charge in [-0.25, -0.2) is 4.98 Å². The molecule has 5 heteroatoms. The van der Waals surface area contributed by atoms with Crippen molar-refractivity contribution in [3.05, 3.63) is 30.1 Å². The van der Waals surface area contributed by atoms with Crippen LogP contribution < -0.4 is 4.90 Å². The summed E-state index contributed by atoms with van der Waals surface area (Å²) in [5, 5.41) is 9.70. The van der Waals surface area contributed by atoms with E-state index < -0.39 is 0 Å². The minimum Gasteiger partial charge on any atom is -0.390 e. The SMILES string of the molecule is CN1CCC(N(C)c2nc3ccccn3c2CO)CC1. The van der Waals surface area contributed by atoms with E-state index in [1.807, 2.05) is 28.8 Å². The van der Waals surface area contributed by atoms with Gasteiger partial charge in [0, 0.05) is 19.3 Å². The van der Waals surface area contributed by atoms with Crippen LogP contribution in [0.25, 0.3) is 5.65 Å². The van der Waals surface area contributed by atoms with Gasteiger partial charge in [0.1, 0.15) is 5.65 Å². The van der Waals surface area contributed by atoms with Gasteiger partial charge in [-0.3, -0.25) is 4.40 Å². The maximum Gasteiger partial charge on any atom is 0.153 e. The maximum absolute atomic E-state index is 9.70. The van der Waals surface area contributed by atoms with Crippen LogP contribution in [0.5, 0.6) is 0 Å². The van der Waals surface area contributed by atoms with Crippen molar-refractivity contribution in [1.82, 2.24) is 14.3 Å².